The zero-order valence-electron chi connectivity index (χ0n) is 12.6. The maximum Gasteiger partial charge on any atom is 0.490 e. The summed E-state index contributed by atoms with van der Waals surface area (Å²) >= 11 is 0. The Morgan fingerprint density at radius 1 is 0.367 bits per heavy atom. The zero-order chi connectivity index (χ0) is 24.3. The molecule has 30 heavy (non-hydrogen) atoms. The van der Waals surface area contributed by atoms with Gasteiger partial charge in [0.25, 0.3) is 0 Å². The number of carbonyl (C=O) groups is 4. The summed E-state index contributed by atoms with van der Waals surface area (Å²) in [5.74, 6) is -11.0. The molecule has 0 fully saturated rings. The molecular formula is C8H4F12O8Rh2. The van der Waals surface area contributed by atoms with Crippen molar-refractivity contribution in [3.63, 3.8) is 0 Å². The molecule has 0 spiro atoms. The van der Waals surface area contributed by atoms with Crippen molar-refractivity contribution in [1.29, 1.82) is 0 Å². The van der Waals surface area contributed by atoms with Gasteiger partial charge < -0.3 is 20.4 Å². The minimum atomic E-state index is -5.08. The molecule has 2 radical (unpaired) electrons. The maximum absolute atomic E-state index is 10.6. The van der Waals surface area contributed by atoms with Crippen molar-refractivity contribution in [3.05, 3.63) is 0 Å². The van der Waals surface area contributed by atoms with Crippen LogP contribution in [-0.4, -0.2) is 69.0 Å². The maximum atomic E-state index is 10.6. The summed E-state index contributed by atoms with van der Waals surface area (Å²) in [4.78, 5) is 35.6. The van der Waals surface area contributed by atoms with Crippen LogP contribution in [-0.2, 0) is 58.1 Å². The van der Waals surface area contributed by atoms with E-state index in [9.17, 15) is 52.7 Å². The second-order valence-electron chi connectivity index (χ2n) is 3.21. The van der Waals surface area contributed by atoms with Crippen LogP contribution >= 0.6 is 0 Å². The Labute approximate surface area is 180 Å². The molecule has 4 N–H and O–H groups in total. The molecule has 0 atom stereocenters. The largest absolute Gasteiger partial charge is 0.490 e. The van der Waals surface area contributed by atoms with Crippen molar-refractivity contribution < 1.29 is 131 Å². The average molecular weight is 662 g/mol. The van der Waals surface area contributed by atoms with E-state index in [1.54, 1.807) is 0 Å². The minimum absolute atomic E-state index is 0. The fraction of sp³-hybridized carbons (Fsp3) is 0.500. The summed E-state index contributed by atoms with van der Waals surface area (Å²) in [6, 6.07) is 0. The molecule has 186 valence electrons. The van der Waals surface area contributed by atoms with Crippen LogP contribution in [0.25, 0.3) is 0 Å². The fourth-order valence-electron chi connectivity index (χ4n) is 0. The summed E-state index contributed by atoms with van der Waals surface area (Å²) in [5, 5.41) is 28.5. The van der Waals surface area contributed by atoms with E-state index >= 15 is 0 Å². The molecule has 0 unspecified atom stereocenters. The number of aliphatic carboxylic acids is 4. The molecule has 0 aliphatic rings. The molecule has 8 nitrogen and oxygen atoms in total. The van der Waals surface area contributed by atoms with Gasteiger partial charge in [-0.05, 0) is 0 Å². The summed E-state index contributed by atoms with van der Waals surface area (Å²) in [7, 11) is 0. The van der Waals surface area contributed by atoms with E-state index < -0.39 is 48.6 Å². The molecule has 0 saturated carbocycles. The second-order valence-corrected chi connectivity index (χ2v) is 3.21. The Kier molecular flexibility index (Phi) is 22.7. The Hall–Kier alpha value is -1.71. The smallest absolute Gasteiger partial charge is 0.475 e. The third-order valence-corrected chi connectivity index (χ3v) is 0.970. The van der Waals surface area contributed by atoms with E-state index in [1.165, 1.54) is 0 Å². The third-order valence-electron chi connectivity index (χ3n) is 0.970. The fourth-order valence-corrected chi connectivity index (χ4v) is 0. The first-order chi connectivity index (χ1) is 11.8. The van der Waals surface area contributed by atoms with E-state index in [0.717, 1.165) is 0 Å². The zero-order valence-corrected chi connectivity index (χ0v) is 15.9. The Balaban J connectivity index is -0.0000000626. The number of carboxylic acid groups (broad SMARTS) is 4. The normalized spacial score (nSPS) is 10.5. The first-order valence-electron chi connectivity index (χ1n) is 4.98. The van der Waals surface area contributed by atoms with Crippen molar-refractivity contribution in [1.82, 2.24) is 0 Å². The summed E-state index contributed by atoms with van der Waals surface area (Å²) < 4.78 is 127. The summed E-state index contributed by atoms with van der Waals surface area (Å²) in [6.07, 6.45) is -20.3. The van der Waals surface area contributed by atoms with Crippen LogP contribution in [0.1, 0.15) is 0 Å². The van der Waals surface area contributed by atoms with Gasteiger partial charge in [-0.3, -0.25) is 0 Å². The van der Waals surface area contributed by atoms with Gasteiger partial charge in [-0.15, -0.1) is 0 Å². The Morgan fingerprint density at radius 2 is 0.400 bits per heavy atom. The number of alkyl halides is 12. The number of carboxylic acids is 4. The molecule has 0 aromatic carbocycles. The van der Waals surface area contributed by atoms with Crippen LogP contribution in [0.15, 0.2) is 0 Å². The molecule has 0 aliphatic heterocycles. The second kappa shape index (κ2) is 16.0. The van der Waals surface area contributed by atoms with Crippen molar-refractivity contribution in [3.8, 4) is 0 Å². The van der Waals surface area contributed by atoms with Crippen molar-refractivity contribution in [2.75, 3.05) is 0 Å². The number of hydrogen-bond donors (Lipinski definition) is 4. The van der Waals surface area contributed by atoms with Crippen LogP contribution in [0, 0.1) is 0 Å². The van der Waals surface area contributed by atoms with Gasteiger partial charge in [-0.1, -0.05) is 0 Å². The van der Waals surface area contributed by atoms with Gasteiger partial charge in [-0.2, -0.15) is 52.7 Å². The molecule has 0 saturated heterocycles. The number of hydrogen-bond acceptors (Lipinski definition) is 4. The van der Waals surface area contributed by atoms with Gasteiger partial charge in [0.15, 0.2) is 0 Å². The topological polar surface area (TPSA) is 149 Å². The molecule has 0 rings (SSSR count). The van der Waals surface area contributed by atoms with E-state index in [0.29, 0.717) is 0 Å². The summed E-state index contributed by atoms with van der Waals surface area (Å²) in [5.41, 5.74) is 0. The third kappa shape index (κ3) is 33.8. The van der Waals surface area contributed by atoms with E-state index in [-0.39, 0.29) is 39.0 Å². The van der Waals surface area contributed by atoms with Crippen LogP contribution in [0.5, 0.6) is 0 Å². The number of rotatable bonds is 0. The Bertz CT molecular complexity index is 440. The predicted octanol–water partition coefficient (Wildman–Crippen LogP) is 2.53. The first-order valence-corrected chi connectivity index (χ1v) is 4.98. The molecule has 0 aromatic rings. The van der Waals surface area contributed by atoms with Gasteiger partial charge in [0.2, 0.25) is 0 Å². The summed E-state index contributed by atoms with van der Waals surface area (Å²) in [6.45, 7) is 0. The van der Waals surface area contributed by atoms with Gasteiger partial charge >= 0.3 is 48.6 Å². The van der Waals surface area contributed by atoms with Crippen molar-refractivity contribution in [2.24, 2.45) is 0 Å². The number of halogens is 12. The SMILES string of the molecule is O=C(O)C(F)(F)F.O=C(O)C(F)(F)F.O=C(O)C(F)(F)F.O=C(O)C(F)(F)F.[Rh].[Rh]. The van der Waals surface area contributed by atoms with Crippen LogP contribution in [0.2, 0.25) is 0 Å². The van der Waals surface area contributed by atoms with Gasteiger partial charge in [-0.25, -0.2) is 19.2 Å². The van der Waals surface area contributed by atoms with Crippen LogP contribution in [0.3, 0.4) is 0 Å². The van der Waals surface area contributed by atoms with Crippen molar-refractivity contribution >= 4 is 23.9 Å². The van der Waals surface area contributed by atoms with Gasteiger partial charge in [0, 0.05) is 39.0 Å². The minimum Gasteiger partial charge on any atom is -0.475 e. The molecule has 0 aliphatic carbocycles. The van der Waals surface area contributed by atoms with Gasteiger partial charge in [0.1, 0.15) is 0 Å². The van der Waals surface area contributed by atoms with Crippen molar-refractivity contribution in [2.45, 2.75) is 24.7 Å². The molecule has 0 aromatic heterocycles. The molecule has 0 amide bonds. The molecular weight excluding hydrogens is 658 g/mol. The van der Waals surface area contributed by atoms with E-state index in [2.05, 4.69) is 0 Å². The standard InChI is InChI=1S/4C2HF3O2.2Rh/c4*3-2(4,5)1(6)7;;/h4*(H,6,7);;. The average Bonchev–Trinajstić information content (AvgIpc) is 2.35. The molecule has 0 heterocycles. The predicted molar refractivity (Wildman–Crippen MR) is 54.8 cm³/mol. The Morgan fingerprint density at radius 3 is 0.400 bits per heavy atom. The van der Waals surface area contributed by atoms with Crippen LogP contribution in [0.4, 0.5) is 52.7 Å². The quantitative estimate of drug-likeness (QED) is 0.229. The van der Waals surface area contributed by atoms with Gasteiger partial charge in [0.05, 0.1) is 0 Å². The first kappa shape index (κ1) is 42.4. The van der Waals surface area contributed by atoms with E-state index in [1.807, 2.05) is 0 Å². The van der Waals surface area contributed by atoms with Crippen LogP contribution < -0.4 is 0 Å². The van der Waals surface area contributed by atoms with E-state index in [4.69, 9.17) is 39.6 Å². The monoisotopic (exact) mass is 662 g/mol. The molecule has 22 heteroatoms. The molecule has 0 bridgehead atoms.